The third kappa shape index (κ3) is 6.93. The van der Waals surface area contributed by atoms with Crippen molar-refractivity contribution in [3.63, 3.8) is 0 Å². The summed E-state index contributed by atoms with van der Waals surface area (Å²) in [6.45, 7) is 23.1. The summed E-state index contributed by atoms with van der Waals surface area (Å²) in [5, 5.41) is 0. The highest BCUT2D eigenvalue weighted by molar-refractivity contribution is 5.62. The first-order chi connectivity index (χ1) is 10.3. The van der Waals surface area contributed by atoms with Crippen LogP contribution in [0.2, 0.25) is 0 Å². The molecule has 1 aromatic rings. The maximum atomic E-state index is 4.00. The summed E-state index contributed by atoms with van der Waals surface area (Å²) in [7, 11) is 0. The predicted molar refractivity (Wildman–Crippen MR) is 104 cm³/mol. The van der Waals surface area contributed by atoms with E-state index in [0.29, 0.717) is 11.8 Å². The molecule has 0 heteroatoms. The van der Waals surface area contributed by atoms with E-state index >= 15 is 0 Å². The number of hydrogen-bond donors (Lipinski definition) is 0. The van der Waals surface area contributed by atoms with Crippen LogP contribution in [0.3, 0.4) is 0 Å². The lowest BCUT2D eigenvalue weighted by Gasteiger charge is -2.13. The average Bonchev–Trinajstić information content (AvgIpc) is 2.44. The van der Waals surface area contributed by atoms with Crippen molar-refractivity contribution in [2.75, 3.05) is 0 Å². The van der Waals surface area contributed by atoms with E-state index in [-0.39, 0.29) is 0 Å². The van der Waals surface area contributed by atoms with Gasteiger partial charge in [-0.05, 0) is 47.1 Å². The van der Waals surface area contributed by atoms with Gasteiger partial charge in [0.15, 0.2) is 0 Å². The molecular formula is C22H34. The van der Waals surface area contributed by atoms with Gasteiger partial charge in [-0.2, -0.15) is 0 Å². The molecule has 0 unspecified atom stereocenters. The van der Waals surface area contributed by atoms with E-state index < -0.39 is 0 Å². The van der Waals surface area contributed by atoms with Gasteiger partial charge in [0.05, 0.1) is 0 Å². The summed E-state index contributed by atoms with van der Waals surface area (Å²) in [5.41, 5.74) is 6.18. The fourth-order valence-corrected chi connectivity index (χ4v) is 1.99. The van der Waals surface area contributed by atoms with E-state index in [1.807, 2.05) is 13.0 Å². The van der Waals surface area contributed by atoms with Crippen LogP contribution < -0.4 is 0 Å². The van der Waals surface area contributed by atoms with Crippen LogP contribution in [0.25, 0.3) is 6.08 Å². The standard InChI is InChI=1S/C19H26.C3H8/c1-8-17(13(2)3)9-16-10-18(14(4)5)12-19(11-16)15(6)7;1-3-2/h8-12,14-15H,1-2H2,3-7H3;3H2,1-2H3/b17-9-;. The highest BCUT2D eigenvalue weighted by Gasteiger charge is 2.06. The highest BCUT2D eigenvalue weighted by Crippen LogP contribution is 2.25. The average molecular weight is 299 g/mol. The Balaban J connectivity index is 0.00000135. The van der Waals surface area contributed by atoms with Crippen LogP contribution in [0, 0.1) is 0 Å². The summed E-state index contributed by atoms with van der Waals surface area (Å²) < 4.78 is 0. The summed E-state index contributed by atoms with van der Waals surface area (Å²) in [4.78, 5) is 0. The Kier molecular flexibility index (Phi) is 9.49. The Morgan fingerprint density at radius 2 is 1.41 bits per heavy atom. The summed E-state index contributed by atoms with van der Waals surface area (Å²) in [6, 6.07) is 6.85. The minimum Gasteiger partial charge on any atom is -0.0985 e. The number of rotatable bonds is 5. The van der Waals surface area contributed by atoms with E-state index in [4.69, 9.17) is 0 Å². The van der Waals surface area contributed by atoms with Crippen LogP contribution in [-0.2, 0) is 0 Å². The lowest BCUT2D eigenvalue weighted by atomic mass is 9.92. The van der Waals surface area contributed by atoms with Crippen molar-refractivity contribution in [1.29, 1.82) is 0 Å². The first-order valence-corrected chi connectivity index (χ1v) is 8.41. The van der Waals surface area contributed by atoms with E-state index in [0.717, 1.165) is 11.1 Å². The Hall–Kier alpha value is -1.56. The highest BCUT2D eigenvalue weighted by atomic mass is 14.1. The summed E-state index contributed by atoms with van der Waals surface area (Å²) in [5.74, 6) is 1.09. The van der Waals surface area contributed by atoms with Crippen molar-refractivity contribution in [1.82, 2.24) is 0 Å². The molecule has 0 amide bonds. The molecule has 22 heavy (non-hydrogen) atoms. The molecule has 0 fully saturated rings. The fraction of sp³-hybridized carbons (Fsp3) is 0.455. The van der Waals surface area contributed by atoms with Crippen molar-refractivity contribution < 1.29 is 0 Å². The molecule has 0 bridgehead atoms. The second kappa shape index (κ2) is 10.2. The van der Waals surface area contributed by atoms with Gasteiger partial charge in [0.25, 0.3) is 0 Å². The van der Waals surface area contributed by atoms with Crippen molar-refractivity contribution in [3.05, 3.63) is 65.3 Å². The van der Waals surface area contributed by atoms with Gasteiger partial charge in [-0.3, -0.25) is 0 Å². The smallest absolute Gasteiger partial charge is 0.0219 e. The van der Waals surface area contributed by atoms with Gasteiger partial charge in [0.2, 0.25) is 0 Å². The van der Waals surface area contributed by atoms with Crippen LogP contribution in [0.15, 0.2) is 48.6 Å². The molecular weight excluding hydrogens is 264 g/mol. The minimum absolute atomic E-state index is 0.544. The largest absolute Gasteiger partial charge is 0.0985 e. The zero-order chi connectivity index (χ0) is 17.3. The number of hydrogen-bond acceptors (Lipinski definition) is 0. The SMILES string of the molecule is C=C/C(=C/c1cc(C(C)C)cc(C(C)C)c1)C(=C)C.CCC. The van der Waals surface area contributed by atoms with Gasteiger partial charge in [-0.15, -0.1) is 0 Å². The lowest BCUT2D eigenvalue weighted by molar-refractivity contribution is 0.833. The normalized spacial score (nSPS) is 11.2. The molecule has 0 saturated heterocycles. The molecule has 0 aliphatic heterocycles. The first kappa shape index (κ1) is 20.4. The van der Waals surface area contributed by atoms with Crippen molar-refractivity contribution in [3.8, 4) is 0 Å². The van der Waals surface area contributed by atoms with Gasteiger partial charge < -0.3 is 0 Å². The molecule has 0 aliphatic carbocycles. The van der Waals surface area contributed by atoms with E-state index in [9.17, 15) is 0 Å². The first-order valence-electron chi connectivity index (χ1n) is 8.41. The number of allylic oxidation sites excluding steroid dienone is 3. The third-order valence-corrected chi connectivity index (χ3v) is 3.37. The zero-order valence-electron chi connectivity index (χ0n) is 15.7. The van der Waals surface area contributed by atoms with Crippen LogP contribution in [-0.4, -0.2) is 0 Å². The molecule has 0 aromatic heterocycles. The molecule has 0 spiro atoms. The zero-order valence-corrected chi connectivity index (χ0v) is 15.7. The molecule has 0 atom stereocenters. The van der Waals surface area contributed by atoms with Crippen LogP contribution in [0.4, 0.5) is 0 Å². The van der Waals surface area contributed by atoms with Gasteiger partial charge in [-0.25, -0.2) is 0 Å². The molecule has 0 nitrogen and oxygen atoms in total. The van der Waals surface area contributed by atoms with E-state index in [1.165, 1.54) is 23.1 Å². The quantitative estimate of drug-likeness (QED) is 0.494. The topological polar surface area (TPSA) is 0 Å². The minimum atomic E-state index is 0.544. The molecule has 0 radical (unpaired) electrons. The van der Waals surface area contributed by atoms with E-state index in [2.05, 4.69) is 79.0 Å². The van der Waals surface area contributed by atoms with Crippen LogP contribution in [0.1, 0.15) is 83.4 Å². The molecule has 122 valence electrons. The van der Waals surface area contributed by atoms with Gasteiger partial charge in [0, 0.05) is 0 Å². The Labute approximate surface area is 138 Å². The maximum absolute atomic E-state index is 4.00. The summed E-state index contributed by atoms with van der Waals surface area (Å²) >= 11 is 0. The molecule has 1 aromatic carbocycles. The third-order valence-electron chi connectivity index (χ3n) is 3.37. The van der Waals surface area contributed by atoms with Crippen LogP contribution >= 0.6 is 0 Å². The monoisotopic (exact) mass is 298 g/mol. The van der Waals surface area contributed by atoms with Crippen molar-refractivity contribution in [2.45, 2.75) is 66.7 Å². The Morgan fingerprint density at radius 1 is 1.00 bits per heavy atom. The molecule has 0 saturated carbocycles. The second-order valence-corrected chi connectivity index (χ2v) is 6.53. The number of benzene rings is 1. The molecule has 0 N–H and O–H groups in total. The molecule has 1 rings (SSSR count). The molecule has 0 heterocycles. The van der Waals surface area contributed by atoms with Gasteiger partial charge >= 0.3 is 0 Å². The lowest BCUT2D eigenvalue weighted by Crippen LogP contribution is -1.95. The summed E-state index contributed by atoms with van der Waals surface area (Å²) in [6.07, 6.45) is 5.30. The van der Waals surface area contributed by atoms with E-state index in [1.54, 1.807) is 0 Å². The Morgan fingerprint density at radius 3 is 1.68 bits per heavy atom. The van der Waals surface area contributed by atoms with Gasteiger partial charge in [-0.1, -0.05) is 91.0 Å². The van der Waals surface area contributed by atoms with Crippen molar-refractivity contribution in [2.24, 2.45) is 0 Å². The van der Waals surface area contributed by atoms with Gasteiger partial charge in [0.1, 0.15) is 0 Å². The predicted octanol–water partition coefficient (Wildman–Crippen LogP) is 7.50. The van der Waals surface area contributed by atoms with Crippen molar-refractivity contribution >= 4 is 6.08 Å². The fourth-order valence-electron chi connectivity index (χ4n) is 1.99. The Bertz CT molecular complexity index is 487. The molecule has 0 aliphatic rings. The maximum Gasteiger partial charge on any atom is -0.0219 e. The second-order valence-electron chi connectivity index (χ2n) is 6.53. The van der Waals surface area contributed by atoms with Crippen LogP contribution in [0.5, 0.6) is 0 Å².